The number of sulfonamides is 1. The van der Waals surface area contributed by atoms with Crippen molar-refractivity contribution >= 4 is 146 Å². The van der Waals surface area contributed by atoms with Gasteiger partial charge in [-0.1, -0.05) is 161 Å². The van der Waals surface area contributed by atoms with Gasteiger partial charge >= 0.3 is 11.9 Å². The Kier molecular flexibility index (Phi) is 35.6. The molecule has 6 amide bonds. The molecule has 0 spiro atoms. The van der Waals surface area contributed by atoms with Crippen LogP contribution in [0.3, 0.4) is 0 Å². The van der Waals surface area contributed by atoms with Crippen molar-refractivity contribution < 1.29 is 126 Å². The van der Waals surface area contributed by atoms with Gasteiger partial charge in [-0.25, -0.2) is 26.4 Å². The van der Waals surface area contributed by atoms with Gasteiger partial charge in [0.05, 0.1) is 121 Å². The monoisotopic (exact) mass is 1900 g/mol. The van der Waals surface area contributed by atoms with Gasteiger partial charge in [0.15, 0.2) is 5.56 Å². The van der Waals surface area contributed by atoms with E-state index in [1.54, 1.807) is 112 Å². The van der Waals surface area contributed by atoms with Crippen LogP contribution in [0.25, 0.3) is 0 Å². The predicted molar refractivity (Wildman–Crippen MR) is 461 cm³/mol. The van der Waals surface area contributed by atoms with E-state index in [9.17, 15) is 75.4 Å². The molecule has 5 N–H and O–H groups in total. The third-order valence-electron chi connectivity index (χ3n) is 18.4. The van der Waals surface area contributed by atoms with Gasteiger partial charge in [0.25, 0.3) is 65.9 Å². The number of halogens is 5. The average Bonchev–Trinajstić information content (AvgIpc) is 1.61. The van der Waals surface area contributed by atoms with E-state index in [-0.39, 0.29) is 153 Å². The number of anilines is 2. The molecule has 4 aliphatic rings. The number of imide groups is 3. The summed E-state index contributed by atoms with van der Waals surface area (Å²) in [5.74, 6) is -2.76. The fourth-order valence-electron chi connectivity index (χ4n) is 12.2. The molecule has 0 aromatic heterocycles. The first-order valence-electron chi connectivity index (χ1n) is 36.3. The van der Waals surface area contributed by atoms with E-state index in [1.165, 1.54) is 74.9 Å². The zero-order chi connectivity index (χ0) is 90.4. The molecule has 0 saturated heterocycles. The normalized spacial score (nSPS) is 12.7. The summed E-state index contributed by atoms with van der Waals surface area (Å²) < 4.78 is 75.3. The first kappa shape index (κ1) is 102. The van der Waals surface area contributed by atoms with Crippen molar-refractivity contribution in [1.82, 2.24) is 14.7 Å². The number of ether oxygens (including phenoxy) is 5. The van der Waals surface area contributed by atoms with Gasteiger partial charge in [0.2, 0.25) is 0 Å². The third-order valence-corrected chi connectivity index (χ3v) is 22.4. The number of esters is 2. The molecule has 0 bridgehead atoms. The number of rotatable bonds is 17. The van der Waals surface area contributed by atoms with Crippen molar-refractivity contribution in [2.24, 2.45) is 5.73 Å². The standard InChI is InChI=1S/C26H25ClN2O5S.C16H11ClN2O5.C16H13ClN2O3.C10H13ClO2S.C8H2ClNO5.C8H11NO.C2H5.2V/c1-26(2,3)17-8-10-19(11-9-17)35(32,33)28-21-13-12-20(27)22-23(21)25(31)29(24(22)30)15-16-6-5-7-18(14-16)34-4;1-24-10-4-2-3-9(7-10)8-18-15(20)13-11(17)5-6-12(19(22)23)14(13)16(18)21;1-22-10-4-2-3-9(7-10)8-19-15(20)13-11(17)5-6-12(18)14(13)16(19)21;1-10(2,3)8-4-6-9(7-5-8)14(11,12)13;9-3-1-2-4(10(13)14)6-5(3)7(11)15-8(6)12;1-10-8-4-2-3-7(5-8)6-9;1-2;;/h5-14,28H,15H2,1-4H3;2-7H,8H2,1H3;2-7H,8,18H2,1H3;4-7H,1-3H3;1-2H;2-5H,6,9H2,1H3;1H2,2H3;;/q;;;;;;-1;;. The summed E-state index contributed by atoms with van der Waals surface area (Å²) in [5.41, 5.74) is 15.0. The minimum atomic E-state index is -4.03. The van der Waals surface area contributed by atoms with Crippen molar-refractivity contribution in [3.05, 3.63) is 319 Å². The summed E-state index contributed by atoms with van der Waals surface area (Å²) in [4.78, 5) is 122. The van der Waals surface area contributed by atoms with Crippen LogP contribution in [0.1, 0.15) is 165 Å². The number of cyclic esters (lactones) is 2. The molecule has 10 aromatic rings. The molecule has 0 fully saturated rings. The average molecular weight is 1900 g/mol. The number of methoxy groups -OCH3 is 4. The first-order chi connectivity index (χ1) is 57.5. The molecule has 29 nitrogen and oxygen atoms in total. The first-order valence-corrected chi connectivity index (χ1v) is 41.6. The Morgan fingerprint density at radius 1 is 0.419 bits per heavy atom. The summed E-state index contributed by atoms with van der Waals surface area (Å²) in [6, 6.07) is 52.4. The number of benzene rings is 10. The van der Waals surface area contributed by atoms with Crippen molar-refractivity contribution in [3.63, 3.8) is 0 Å². The van der Waals surface area contributed by atoms with Crippen LogP contribution < -0.4 is 35.1 Å². The van der Waals surface area contributed by atoms with Gasteiger partial charge in [-0.3, -0.25) is 68.4 Å². The Hall–Kier alpha value is -11.2. The number of carbonyl (C=O) groups excluding carboxylic acids is 8. The maximum absolute atomic E-state index is 13.3. The van der Waals surface area contributed by atoms with Crippen LogP contribution >= 0.6 is 57.1 Å². The van der Waals surface area contributed by atoms with Crippen LogP contribution in [0.15, 0.2) is 204 Å². The van der Waals surface area contributed by atoms with Crippen LogP contribution in [-0.4, -0.2) is 117 Å². The topological polar surface area (TPSA) is 411 Å². The molecule has 10 aromatic carbocycles. The molecule has 14 rings (SSSR count). The van der Waals surface area contributed by atoms with Crippen molar-refractivity contribution in [3.8, 4) is 23.0 Å². The number of nitrogen functional groups attached to an aromatic ring is 1. The van der Waals surface area contributed by atoms with E-state index >= 15 is 0 Å². The number of carbonyl (C=O) groups is 8. The zero-order valence-electron chi connectivity index (χ0n) is 68.1. The Bertz CT molecular complexity index is 5960. The van der Waals surface area contributed by atoms with Crippen LogP contribution in [0.5, 0.6) is 23.0 Å². The number of hydrogen-bond acceptors (Lipinski definition) is 23. The SMILES string of the molecule is CC(C)(C)c1ccc(S(=O)(=O)Cl)cc1.COc1cccc(CN)c1.COc1cccc(CN2C(=O)c3c(Cl)ccc(NS(=O)(=O)c4ccc(C(C)(C)C)cc4)c3C2=O)c1.COc1cccc(CN2C(=O)c3c(Cl)ccc([N+](=O)[O-])c3C2=O)c1.COc1cccc(CN2C(=O)c3c(N)ccc(Cl)c3C2=O)c1.O=C1OC(=O)c2c([N+](=O)[O-])ccc(Cl)c21.[CH2-]C.[V].[V]. The molecule has 4 heterocycles. The predicted octanol–water partition coefficient (Wildman–Crippen LogP) is 17.5. The second-order valence-electron chi connectivity index (χ2n) is 28.3. The molecular formula is C86H80Cl5N8O21S2V2-. The molecule has 124 heavy (non-hydrogen) atoms. The molecular weight excluding hydrogens is 1820 g/mol. The second-order valence-corrected chi connectivity index (χ2v) is 34.2. The van der Waals surface area contributed by atoms with Crippen LogP contribution in [0.2, 0.25) is 20.1 Å². The molecule has 0 unspecified atom stereocenters. The quantitative estimate of drug-likeness (QED) is 0.0111. The maximum Gasteiger partial charge on any atom is 0.354 e. The molecule has 38 heteroatoms. The number of fused-ring (bicyclic) bond motifs is 4. The van der Waals surface area contributed by atoms with Crippen molar-refractivity contribution in [1.29, 1.82) is 0 Å². The van der Waals surface area contributed by atoms with Crippen LogP contribution in [0.4, 0.5) is 22.7 Å². The van der Waals surface area contributed by atoms with E-state index in [0.29, 0.717) is 34.9 Å². The second kappa shape index (κ2) is 43.4. The smallest absolute Gasteiger partial charge is 0.354 e. The minimum absolute atomic E-state index is 0. The van der Waals surface area contributed by atoms with E-state index in [1.807, 2.05) is 51.1 Å². The van der Waals surface area contributed by atoms with Gasteiger partial charge in [0.1, 0.15) is 34.1 Å². The summed E-state index contributed by atoms with van der Waals surface area (Å²) in [6.07, 6.45) is 0. The van der Waals surface area contributed by atoms with Crippen molar-refractivity contribution in [2.45, 2.75) is 95.3 Å². The van der Waals surface area contributed by atoms with Crippen molar-refractivity contribution in [2.75, 3.05) is 38.9 Å². The van der Waals surface area contributed by atoms with Gasteiger partial charge in [-0.15, -0.1) is 0 Å². The number of nitrogens with zero attached hydrogens (tertiary/aromatic N) is 5. The molecule has 4 aliphatic heterocycles. The summed E-state index contributed by atoms with van der Waals surface area (Å²) >= 11 is 23.9. The fraction of sp³-hybridized carbons (Fsp3) is 0.198. The number of nitro groups is 2. The Morgan fingerprint density at radius 2 is 0.726 bits per heavy atom. The van der Waals surface area contributed by atoms with E-state index in [0.717, 1.165) is 54.8 Å². The van der Waals surface area contributed by atoms with Gasteiger partial charge in [0, 0.05) is 72.2 Å². The number of nitrogens with one attached hydrogen (secondary N) is 1. The van der Waals surface area contributed by atoms with Crippen LogP contribution in [-0.2, 0) is 97.9 Å². The minimum Gasteiger partial charge on any atom is -0.497 e. The Balaban J connectivity index is 0.000000238. The third kappa shape index (κ3) is 24.0. The van der Waals surface area contributed by atoms with Gasteiger partial charge in [-0.05, 0) is 153 Å². The van der Waals surface area contributed by atoms with Crippen LogP contribution in [0, 0.1) is 27.2 Å². The van der Waals surface area contributed by atoms with E-state index in [4.69, 9.17) is 87.5 Å². The number of amides is 6. The summed E-state index contributed by atoms with van der Waals surface area (Å²) in [6.45, 7) is 18.0. The van der Waals surface area contributed by atoms with E-state index < -0.39 is 87.7 Å². The molecule has 648 valence electrons. The molecule has 0 saturated carbocycles. The largest absolute Gasteiger partial charge is 0.497 e. The Labute approximate surface area is 763 Å². The summed E-state index contributed by atoms with van der Waals surface area (Å²) in [7, 11) is 3.81. The number of nitrogens with two attached hydrogens (primary N) is 2. The zero-order valence-corrected chi connectivity index (χ0v) is 76.3. The van der Waals surface area contributed by atoms with Gasteiger partial charge < -0.3 is 42.1 Å². The Morgan fingerprint density at radius 3 is 1.09 bits per heavy atom. The molecule has 2 radical (unpaired) electrons. The number of hydrogen-bond donors (Lipinski definition) is 3. The number of nitro benzene ring substituents is 2. The van der Waals surface area contributed by atoms with E-state index in [2.05, 4.69) is 37.2 Å². The molecule has 0 atom stereocenters. The maximum atomic E-state index is 13.3. The fourth-order valence-corrected chi connectivity index (χ4v) is 15.0. The molecule has 0 aliphatic carbocycles. The van der Waals surface area contributed by atoms with Gasteiger partial charge in [-0.2, -0.15) is 6.92 Å². The summed E-state index contributed by atoms with van der Waals surface area (Å²) in [5, 5.41) is 22.0.